The lowest BCUT2D eigenvalue weighted by Crippen LogP contribution is -2.36. The highest BCUT2D eigenvalue weighted by Crippen LogP contribution is 2.12. The first-order valence-corrected chi connectivity index (χ1v) is 8.89. The summed E-state index contributed by atoms with van der Waals surface area (Å²) in [6.07, 6.45) is 2.24. The molecule has 0 aliphatic rings. The molecule has 0 N–H and O–H groups in total. The zero-order chi connectivity index (χ0) is 10.9. The molecular formula is C12H17BNSi-. The van der Waals surface area contributed by atoms with Crippen LogP contribution in [0.15, 0.2) is 48.6 Å². The van der Waals surface area contributed by atoms with E-state index in [4.69, 9.17) is 0 Å². The van der Waals surface area contributed by atoms with Crippen LogP contribution < -0.4 is 0 Å². The summed E-state index contributed by atoms with van der Waals surface area (Å²) in [4.78, 5) is 0. The van der Waals surface area contributed by atoms with Gasteiger partial charge in [-0.3, -0.25) is 0 Å². The second kappa shape index (κ2) is 3.82. The molecule has 2 aromatic rings. The van der Waals surface area contributed by atoms with Gasteiger partial charge >= 0.3 is 0 Å². The SMILES string of the molecule is C[Si](C)(C)n1ccc[b-]1-c1ccccc1. The van der Waals surface area contributed by atoms with Crippen LogP contribution in [0.4, 0.5) is 0 Å². The van der Waals surface area contributed by atoms with Crippen molar-refractivity contribution in [1.29, 1.82) is 0 Å². The maximum Gasteiger partial charge on any atom is 0.106 e. The summed E-state index contributed by atoms with van der Waals surface area (Å²) in [6.45, 7) is 7.60. The van der Waals surface area contributed by atoms with E-state index >= 15 is 0 Å². The number of rotatable bonds is 2. The summed E-state index contributed by atoms with van der Waals surface area (Å²) < 4.78 is 2.53. The maximum atomic E-state index is 2.53. The highest BCUT2D eigenvalue weighted by molar-refractivity contribution is 6.82. The molecule has 1 aromatic heterocycles. The molecule has 0 amide bonds. The van der Waals surface area contributed by atoms with Crippen LogP contribution in [0.25, 0.3) is 5.46 Å². The molecule has 0 aliphatic carbocycles. The molecular weight excluding hydrogens is 197 g/mol. The minimum absolute atomic E-state index is 0.456. The zero-order valence-electron chi connectivity index (χ0n) is 9.64. The van der Waals surface area contributed by atoms with Gasteiger partial charge in [0.05, 0.1) is 0 Å². The fourth-order valence-corrected chi connectivity index (χ4v) is 3.60. The van der Waals surface area contributed by atoms with Crippen molar-refractivity contribution in [1.82, 2.24) is 4.14 Å². The Hall–Kier alpha value is -1.09. The molecule has 1 aromatic carbocycles. The quantitative estimate of drug-likeness (QED) is 0.676. The minimum atomic E-state index is -1.25. The summed E-state index contributed by atoms with van der Waals surface area (Å²) in [5, 5.41) is 0. The summed E-state index contributed by atoms with van der Waals surface area (Å²) in [5.74, 6) is 2.29. The number of hydrogen-bond donors (Lipinski definition) is 0. The average Bonchev–Trinajstić information content (AvgIpc) is 2.67. The Kier molecular flexibility index (Phi) is 2.65. The Morgan fingerprint density at radius 2 is 1.67 bits per heavy atom. The molecule has 2 rings (SSSR count). The second-order valence-electron chi connectivity index (χ2n) is 4.97. The van der Waals surface area contributed by atoms with Crippen LogP contribution in [0.5, 0.6) is 0 Å². The standard InChI is InChI=1S/C12H17BNSi/c1-15(2,3)14-11-7-10-13(14)12-8-5-4-6-9-12/h4-11H,1-3H3/q-1. The topological polar surface area (TPSA) is 4.93 Å². The highest BCUT2D eigenvalue weighted by atomic mass is 28.3. The van der Waals surface area contributed by atoms with Gasteiger partial charge in [-0.1, -0.05) is 62.2 Å². The van der Waals surface area contributed by atoms with Gasteiger partial charge in [-0.25, -0.2) is 11.4 Å². The molecule has 0 saturated carbocycles. The van der Waals surface area contributed by atoms with Gasteiger partial charge in [0.1, 0.15) is 8.24 Å². The number of aromatic nitrogens is 1. The van der Waals surface area contributed by atoms with Crippen LogP contribution in [-0.4, -0.2) is 18.9 Å². The van der Waals surface area contributed by atoms with Crippen molar-refractivity contribution in [2.75, 3.05) is 0 Å². The monoisotopic (exact) mass is 214 g/mol. The van der Waals surface area contributed by atoms with E-state index in [1.165, 1.54) is 5.46 Å². The Balaban J connectivity index is 2.51. The van der Waals surface area contributed by atoms with Crippen molar-refractivity contribution in [2.45, 2.75) is 19.6 Å². The van der Waals surface area contributed by atoms with Crippen molar-refractivity contribution in [3.8, 4) is 5.46 Å². The predicted molar refractivity (Wildman–Crippen MR) is 70.5 cm³/mol. The maximum absolute atomic E-state index is 2.53. The molecule has 0 saturated heterocycles. The first-order chi connectivity index (χ1) is 7.09. The number of hydrogen-bond acceptors (Lipinski definition) is 0. The van der Waals surface area contributed by atoms with E-state index in [-0.39, 0.29) is 0 Å². The Bertz CT molecular complexity index is 442. The molecule has 1 nitrogen and oxygen atoms in total. The predicted octanol–water partition coefficient (Wildman–Crippen LogP) is 3.19. The third-order valence-corrected chi connectivity index (χ3v) is 4.73. The fourth-order valence-electron chi connectivity index (χ4n) is 2.00. The highest BCUT2D eigenvalue weighted by Gasteiger charge is 2.11. The molecule has 0 aliphatic heterocycles. The third kappa shape index (κ3) is 2.12. The largest absolute Gasteiger partial charge is 0.587 e. The van der Waals surface area contributed by atoms with Crippen molar-refractivity contribution < 1.29 is 0 Å². The molecule has 3 heteroatoms. The molecule has 15 heavy (non-hydrogen) atoms. The van der Waals surface area contributed by atoms with Crippen molar-refractivity contribution >= 4 is 14.7 Å². The summed E-state index contributed by atoms with van der Waals surface area (Å²) in [5.41, 5.74) is 1.39. The normalized spacial score (nSPS) is 11.7. The van der Waals surface area contributed by atoms with Crippen LogP contribution in [-0.2, 0) is 0 Å². The average molecular weight is 214 g/mol. The Morgan fingerprint density at radius 1 is 1.00 bits per heavy atom. The molecule has 0 fully saturated rings. The van der Waals surface area contributed by atoms with Gasteiger partial charge in [0.2, 0.25) is 0 Å². The van der Waals surface area contributed by atoms with E-state index in [2.05, 4.69) is 72.3 Å². The first-order valence-electron chi connectivity index (χ1n) is 5.44. The molecule has 0 unspecified atom stereocenters. The summed E-state index contributed by atoms with van der Waals surface area (Å²) >= 11 is 0. The lowest BCUT2D eigenvalue weighted by Gasteiger charge is -2.32. The molecule has 78 valence electrons. The number of benzene rings is 1. The minimum Gasteiger partial charge on any atom is -0.587 e. The second-order valence-corrected chi connectivity index (χ2v) is 9.83. The molecule has 0 bridgehead atoms. The van der Waals surface area contributed by atoms with Gasteiger partial charge in [0.25, 0.3) is 0 Å². The van der Waals surface area contributed by atoms with Gasteiger partial charge in [-0.2, -0.15) is 0 Å². The van der Waals surface area contributed by atoms with Crippen molar-refractivity contribution in [3.05, 3.63) is 48.6 Å². The summed E-state index contributed by atoms with van der Waals surface area (Å²) in [7, 11) is -1.25. The van der Waals surface area contributed by atoms with E-state index in [9.17, 15) is 0 Å². The van der Waals surface area contributed by atoms with Gasteiger partial charge in [-0.05, 0) is 6.49 Å². The van der Waals surface area contributed by atoms with E-state index in [0.717, 1.165) is 0 Å². The number of nitrogens with zero attached hydrogens (tertiary/aromatic N) is 1. The van der Waals surface area contributed by atoms with E-state index < -0.39 is 8.24 Å². The van der Waals surface area contributed by atoms with Gasteiger partial charge < -0.3 is 4.14 Å². The van der Waals surface area contributed by atoms with Gasteiger partial charge in [0.15, 0.2) is 0 Å². The third-order valence-electron chi connectivity index (χ3n) is 2.76. The lowest BCUT2D eigenvalue weighted by molar-refractivity contribution is 1.25. The van der Waals surface area contributed by atoms with Crippen LogP contribution in [0.2, 0.25) is 19.6 Å². The molecule has 0 radical (unpaired) electrons. The molecule has 0 spiro atoms. The van der Waals surface area contributed by atoms with Crippen LogP contribution in [0, 0.1) is 0 Å². The Morgan fingerprint density at radius 3 is 2.27 bits per heavy atom. The van der Waals surface area contributed by atoms with E-state index in [1.54, 1.807) is 0 Å². The lowest BCUT2D eigenvalue weighted by atomic mass is 9.70. The van der Waals surface area contributed by atoms with Crippen LogP contribution >= 0.6 is 0 Å². The molecule has 0 atom stereocenters. The zero-order valence-corrected chi connectivity index (χ0v) is 10.6. The fraction of sp³-hybridized carbons (Fsp3) is 0.250. The summed E-state index contributed by atoms with van der Waals surface area (Å²) in [6, 6.07) is 12.9. The van der Waals surface area contributed by atoms with E-state index in [0.29, 0.717) is 6.49 Å². The van der Waals surface area contributed by atoms with Crippen molar-refractivity contribution in [2.24, 2.45) is 0 Å². The van der Waals surface area contributed by atoms with Crippen molar-refractivity contribution in [3.63, 3.8) is 0 Å². The smallest absolute Gasteiger partial charge is 0.106 e. The van der Waals surface area contributed by atoms with E-state index in [1.807, 2.05) is 0 Å². The first kappa shape index (κ1) is 10.4. The van der Waals surface area contributed by atoms with Crippen LogP contribution in [0.3, 0.4) is 0 Å². The van der Waals surface area contributed by atoms with Gasteiger partial charge in [0, 0.05) is 0 Å². The van der Waals surface area contributed by atoms with Gasteiger partial charge in [-0.15, -0.1) is 0 Å². The molecule has 1 heterocycles. The van der Waals surface area contributed by atoms with Crippen LogP contribution in [0.1, 0.15) is 0 Å². The Labute approximate surface area is 92.9 Å².